The molecule has 1 aromatic carbocycles. The quantitative estimate of drug-likeness (QED) is 0.798. The fraction of sp³-hybridized carbons (Fsp3) is 0.500. The number of carbonyl (C=O) groups is 1. The van der Waals surface area contributed by atoms with Crippen LogP contribution in [0.25, 0.3) is 0 Å². The molecule has 1 saturated heterocycles. The summed E-state index contributed by atoms with van der Waals surface area (Å²) < 4.78 is 13.9. The van der Waals surface area contributed by atoms with Gasteiger partial charge in [-0.25, -0.2) is 4.39 Å². The first kappa shape index (κ1) is 12.2. The zero-order valence-electron chi connectivity index (χ0n) is 10.5. The molecular weight excluding hydrogens is 217 g/mol. The summed E-state index contributed by atoms with van der Waals surface area (Å²) in [5.74, 6) is -0.252. The molecule has 17 heavy (non-hydrogen) atoms. The van der Waals surface area contributed by atoms with E-state index < -0.39 is 0 Å². The van der Waals surface area contributed by atoms with Crippen LogP contribution in [-0.2, 0) is 0 Å². The van der Waals surface area contributed by atoms with Crippen molar-refractivity contribution in [1.82, 2.24) is 5.32 Å². The summed E-state index contributed by atoms with van der Waals surface area (Å²) in [6.07, 6.45) is 0. The minimum Gasteiger partial charge on any atom is -0.316 e. The first-order valence-electron chi connectivity index (χ1n) is 6.02. The lowest BCUT2D eigenvalue weighted by Crippen LogP contribution is -2.23. The van der Waals surface area contributed by atoms with Crippen LogP contribution in [0.5, 0.6) is 0 Å². The van der Waals surface area contributed by atoms with Crippen molar-refractivity contribution < 1.29 is 9.18 Å². The van der Waals surface area contributed by atoms with Gasteiger partial charge in [0.1, 0.15) is 5.82 Å². The van der Waals surface area contributed by atoms with Crippen molar-refractivity contribution >= 4 is 5.78 Å². The number of aryl methyl sites for hydroxylation is 2. The van der Waals surface area contributed by atoms with E-state index >= 15 is 0 Å². The number of benzene rings is 1. The summed E-state index contributed by atoms with van der Waals surface area (Å²) in [6, 6.07) is 3.30. The Bertz CT molecular complexity index is 433. The lowest BCUT2D eigenvalue weighted by Gasteiger charge is -2.15. The number of nitrogens with one attached hydrogen (secondary N) is 1. The molecule has 0 amide bonds. The molecule has 1 aliphatic rings. The van der Waals surface area contributed by atoms with Crippen molar-refractivity contribution in [2.45, 2.75) is 20.8 Å². The van der Waals surface area contributed by atoms with E-state index in [0.29, 0.717) is 6.54 Å². The van der Waals surface area contributed by atoms with E-state index in [0.717, 1.165) is 17.7 Å². The maximum atomic E-state index is 13.9. The second kappa shape index (κ2) is 4.57. The molecule has 2 rings (SSSR count). The van der Waals surface area contributed by atoms with Crippen LogP contribution in [0.2, 0.25) is 0 Å². The first-order chi connectivity index (χ1) is 8.00. The third kappa shape index (κ3) is 2.25. The maximum absolute atomic E-state index is 13.9. The van der Waals surface area contributed by atoms with Crippen molar-refractivity contribution in [2.24, 2.45) is 11.8 Å². The van der Waals surface area contributed by atoms with Gasteiger partial charge in [-0.1, -0.05) is 13.0 Å². The molecule has 0 aromatic heterocycles. The summed E-state index contributed by atoms with van der Waals surface area (Å²) in [5, 5.41) is 3.18. The largest absolute Gasteiger partial charge is 0.316 e. The van der Waals surface area contributed by atoms with Gasteiger partial charge in [-0.3, -0.25) is 4.79 Å². The number of hydrogen-bond acceptors (Lipinski definition) is 2. The highest BCUT2D eigenvalue weighted by atomic mass is 19.1. The summed E-state index contributed by atoms with van der Waals surface area (Å²) in [4.78, 5) is 12.3. The van der Waals surface area contributed by atoms with Gasteiger partial charge in [0.05, 0.1) is 5.56 Å². The average Bonchev–Trinajstić information content (AvgIpc) is 2.62. The van der Waals surface area contributed by atoms with Crippen LogP contribution in [0.3, 0.4) is 0 Å². The summed E-state index contributed by atoms with van der Waals surface area (Å²) in [6.45, 7) is 7.17. The molecule has 0 bridgehead atoms. The highest BCUT2D eigenvalue weighted by Gasteiger charge is 2.32. The average molecular weight is 235 g/mol. The molecule has 0 saturated carbocycles. The van der Waals surface area contributed by atoms with E-state index in [-0.39, 0.29) is 29.0 Å². The lowest BCUT2D eigenvalue weighted by atomic mass is 9.87. The molecule has 1 heterocycles. The van der Waals surface area contributed by atoms with Crippen molar-refractivity contribution in [1.29, 1.82) is 0 Å². The molecule has 2 unspecified atom stereocenters. The molecule has 1 N–H and O–H groups in total. The second-order valence-corrected chi connectivity index (χ2v) is 5.04. The predicted molar refractivity (Wildman–Crippen MR) is 65.7 cm³/mol. The van der Waals surface area contributed by atoms with Gasteiger partial charge in [0, 0.05) is 12.5 Å². The first-order valence-corrected chi connectivity index (χ1v) is 6.02. The van der Waals surface area contributed by atoms with E-state index in [1.54, 1.807) is 6.92 Å². The topological polar surface area (TPSA) is 29.1 Å². The second-order valence-electron chi connectivity index (χ2n) is 5.04. The molecule has 2 nitrogen and oxygen atoms in total. The van der Waals surface area contributed by atoms with Gasteiger partial charge in [0.25, 0.3) is 0 Å². The van der Waals surface area contributed by atoms with Crippen molar-refractivity contribution in [3.8, 4) is 0 Å². The number of ketones is 1. The summed E-state index contributed by atoms with van der Waals surface area (Å²) in [7, 11) is 0. The Hall–Kier alpha value is -1.22. The van der Waals surface area contributed by atoms with E-state index in [1.807, 2.05) is 19.9 Å². The lowest BCUT2D eigenvalue weighted by molar-refractivity contribution is 0.0903. The minimum absolute atomic E-state index is 0.0579. The number of carbonyl (C=O) groups excluding carboxylic acids is 1. The van der Waals surface area contributed by atoms with E-state index in [9.17, 15) is 9.18 Å². The highest BCUT2D eigenvalue weighted by molar-refractivity contribution is 6.00. The fourth-order valence-electron chi connectivity index (χ4n) is 2.57. The van der Waals surface area contributed by atoms with Crippen molar-refractivity contribution in [2.75, 3.05) is 13.1 Å². The Morgan fingerprint density at radius 3 is 2.59 bits per heavy atom. The van der Waals surface area contributed by atoms with Gasteiger partial charge >= 0.3 is 0 Å². The molecule has 1 aromatic rings. The van der Waals surface area contributed by atoms with Gasteiger partial charge in [-0.15, -0.1) is 0 Å². The molecule has 3 heteroatoms. The normalized spacial score (nSPS) is 24.0. The van der Waals surface area contributed by atoms with Crippen molar-refractivity contribution in [3.05, 3.63) is 34.6 Å². The zero-order valence-corrected chi connectivity index (χ0v) is 10.5. The van der Waals surface area contributed by atoms with E-state index in [4.69, 9.17) is 0 Å². The molecule has 0 radical (unpaired) electrons. The van der Waals surface area contributed by atoms with Gasteiger partial charge in [-0.2, -0.15) is 0 Å². The van der Waals surface area contributed by atoms with Crippen LogP contribution in [0.15, 0.2) is 12.1 Å². The van der Waals surface area contributed by atoms with Gasteiger partial charge in [0.15, 0.2) is 5.78 Å². The molecular formula is C14H18FNO. The third-order valence-electron chi connectivity index (χ3n) is 3.53. The number of halogens is 1. The number of Topliss-reactive ketones (excluding diaryl/α,β-unsaturated/α-hetero) is 1. The summed E-state index contributed by atoms with van der Waals surface area (Å²) in [5.41, 5.74) is 1.87. The predicted octanol–water partition coefficient (Wildman–Crippen LogP) is 2.48. The van der Waals surface area contributed by atoms with Crippen LogP contribution in [-0.4, -0.2) is 18.9 Å². The number of hydrogen-bond donors (Lipinski definition) is 1. The van der Waals surface area contributed by atoms with Crippen LogP contribution < -0.4 is 5.32 Å². The number of rotatable bonds is 2. The highest BCUT2D eigenvalue weighted by Crippen LogP contribution is 2.25. The Labute approximate surface area is 101 Å². The van der Waals surface area contributed by atoms with Crippen LogP contribution in [0.1, 0.15) is 28.4 Å². The molecule has 0 aliphatic carbocycles. The maximum Gasteiger partial charge on any atom is 0.170 e. The van der Waals surface area contributed by atoms with Crippen LogP contribution in [0, 0.1) is 31.5 Å². The monoisotopic (exact) mass is 235 g/mol. The van der Waals surface area contributed by atoms with Crippen LogP contribution >= 0.6 is 0 Å². The summed E-state index contributed by atoms with van der Waals surface area (Å²) >= 11 is 0. The Kier molecular flexibility index (Phi) is 3.29. The minimum atomic E-state index is -0.383. The van der Waals surface area contributed by atoms with Gasteiger partial charge in [-0.05, 0) is 43.5 Å². The smallest absolute Gasteiger partial charge is 0.170 e. The fourth-order valence-corrected chi connectivity index (χ4v) is 2.57. The molecule has 1 aliphatic heterocycles. The SMILES string of the molecule is Cc1cc(C)c(C(=O)C2CNCC2C)c(F)c1. The van der Waals surface area contributed by atoms with Crippen molar-refractivity contribution in [3.63, 3.8) is 0 Å². The van der Waals surface area contributed by atoms with Gasteiger partial charge in [0.2, 0.25) is 0 Å². The zero-order chi connectivity index (χ0) is 12.6. The van der Waals surface area contributed by atoms with E-state index in [1.165, 1.54) is 6.07 Å². The Balaban J connectivity index is 2.37. The third-order valence-corrected chi connectivity index (χ3v) is 3.53. The molecule has 2 atom stereocenters. The van der Waals surface area contributed by atoms with Gasteiger partial charge < -0.3 is 5.32 Å². The standard InChI is InChI=1S/C14H18FNO/c1-8-4-9(2)13(12(15)5-8)14(17)11-7-16-6-10(11)3/h4-5,10-11,16H,6-7H2,1-3H3. The Morgan fingerprint density at radius 2 is 2.06 bits per heavy atom. The molecule has 92 valence electrons. The molecule has 0 spiro atoms. The van der Waals surface area contributed by atoms with E-state index in [2.05, 4.69) is 5.32 Å². The van der Waals surface area contributed by atoms with Crippen LogP contribution in [0.4, 0.5) is 4.39 Å². The Morgan fingerprint density at radius 1 is 1.35 bits per heavy atom. The molecule has 1 fully saturated rings.